The van der Waals surface area contributed by atoms with Crippen molar-refractivity contribution in [1.29, 1.82) is 0 Å². The first-order valence-electron chi connectivity index (χ1n) is 10.8. The van der Waals surface area contributed by atoms with E-state index in [2.05, 4.69) is 36.4 Å². The molecule has 0 saturated heterocycles. The van der Waals surface area contributed by atoms with Gasteiger partial charge in [0.15, 0.2) is 17.1 Å². The van der Waals surface area contributed by atoms with Crippen LogP contribution in [0.1, 0.15) is 27.8 Å². The van der Waals surface area contributed by atoms with Crippen molar-refractivity contribution >= 4 is 11.6 Å². The highest BCUT2D eigenvalue weighted by molar-refractivity contribution is 6.17. The van der Waals surface area contributed by atoms with Gasteiger partial charge >= 0.3 is 0 Å². The SMILES string of the molecule is COc1c(CCl)cc(OC(c2ccccc2)(c2ccccc2)c2ccccc2)c(OC)c1C. The summed E-state index contributed by atoms with van der Waals surface area (Å²) in [4.78, 5) is 0. The van der Waals surface area contributed by atoms with Crippen LogP contribution in [0.25, 0.3) is 0 Å². The van der Waals surface area contributed by atoms with Crippen molar-refractivity contribution < 1.29 is 14.2 Å². The Labute approximate surface area is 200 Å². The van der Waals surface area contributed by atoms with Gasteiger partial charge in [-0.2, -0.15) is 0 Å². The molecule has 0 aromatic heterocycles. The Morgan fingerprint density at radius 1 is 0.667 bits per heavy atom. The lowest BCUT2D eigenvalue weighted by Crippen LogP contribution is -2.36. The fourth-order valence-electron chi connectivity index (χ4n) is 4.39. The summed E-state index contributed by atoms with van der Waals surface area (Å²) < 4.78 is 18.5. The first kappa shape index (κ1) is 22.8. The minimum atomic E-state index is -0.915. The van der Waals surface area contributed by atoms with E-state index in [4.69, 9.17) is 25.8 Å². The first-order chi connectivity index (χ1) is 16.2. The zero-order valence-corrected chi connectivity index (χ0v) is 19.8. The van der Waals surface area contributed by atoms with E-state index >= 15 is 0 Å². The molecule has 4 aromatic rings. The maximum absolute atomic E-state index is 7.07. The molecule has 0 unspecified atom stereocenters. The number of halogens is 1. The van der Waals surface area contributed by atoms with E-state index in [0.29, 0.717) is 23.1 Å². The minimum absolute atomic E-state index is 0.291. The third-order valence-electron chi connectivity index (χ3n) is 5.86. The van der Waals surface area contributed by atoms with Gasteiger partial charge in [-0.3, -0.25) is 0 Å². The molecule has 4 heteroatoms. The Morgan fingerprint density at radius 3 is 1.45 bits per heavy atom. The second-order valence-corrected chi connectivity index (χ2v) is 8.01. The van der Waals surface area contributed by atoms with Gasteiger partial charge in [0.2, 0.25) is 0 Å². The highest BCUT2D eigenvalue weighted by atomic mass is 35.5. The van der Waals surface area contributed by atoms with Gasteiger partial charge in [0, 0.05) is 27.8 Å². The first-order valence-corrected chi connectivity index (χ1v) is 11.3. The van der Waals surface area contributed by atoms with Crippen molar-refractivity contribution in [3.63, 3.8) is 0 Å². The lowest BCUT2D eigenvalue weighted by Gasteiger charge is -2.37. The number of alkyl halides is 1. The number of benzene rings is 4. The van der Waals surface area contributed by atoms with Crippen LogP contribution >= 0.6 is 11.6 Å². The largest absolute Gasteiger partial charge is 0.496 e. The van der Waals surface area contributed by atoms with Gasteiger partial charge in [-0.15, -0.1) is 11.6 Å². The third-order valence-corrected chi connectivity index (χ3v) is 6.15. The lowest BCUT2D eigenvalue weighted by atomic mass is 9.80. The monoisotopic (exact) mass is 458 g/mol. The van der Waals surface area contributed by atoms with Crippen LogP contribution in [0.15, 0.2) is 97.1 Å². The molecule has 168 valence electrons. The van der Waals surface area contributed by atoms with Crippen LogP contribution in [0.4, 0.5) is 0 Å². The van der Waals surface area contributed by atoms with Gasteiger partial charge < -0.3 is 14.2 Å². The molecule has 0 fully saturated rings. The van der Waals surface area contributed by atoms with Crippen molar-refractivity contribution in [1.82, 2.24) is 0 Å². The van der Waals surface area contributed by atoms with Gasteiger partial charge in [0.1, 0.15) is 5.75 Å². The molecule has 0 heterocycles. The van der Waals surface area contributed by atoms with Gasteiger partial charge in [0.05, 0.1) is 20.1 Å². The van der Waals surface area contributed by atoms with Crippen molar-refractivity contribution in [3.05, 3.63) is 125 Å². The second-order valence-electron chi connectivity index (χ2n) is 7.74. The standard InChI is InChI=1S/C29H27ClO3/c1-21-27(31-2)22(20-30)19-26(28(21)32-3)33-29(23-13-7-4-8-14-23,24-15-9-5-10-16-24)25-17-11-6-12-18-25/h4-19H,20H2,1-3H3. The molecule has 0 amide bonds. The van der Waals surface area contributed by atoms with Crippen molar-refractivity contribution in [3.8, 4) is 17.2 Å². The average Bonchev–Trinajstić information content (AvgIpc) is 2.88. The number of hydrogen-bond donors (Lipinski definition) is 0. The van der Waals surface area contributed by atoms with Gasteiger partial charge in [-0.1, -0.05) is 91.0 Å². The summed E-state index contributed by atoms with van der Waals surface area (Å²) in [6.07, 6.45) is 0. The fraction of sp³-hybridized carbons (Fsp3) is 0.172. The minimum Gasteiger partial charge on any atom is -0.496 e. The molecule has 0 aliphatic heterocycles. The zero-order chi connectivity index (χ0) is 23.3. The Bertz CT molecular complexity index is 1100. The van der Waals surface area contributed by atoms with E-state index in [1.807, 2.05) is 67.6 Å². The number of methoxy groups -OCH3 is 2. The molecule has 4 aromatic carbocycles. The predicted molar refractivity (Wildman–Crippen MR) is 134 cm³/mol. The molecule has 0 bridgehead atoms. The molecular formula is C29H27ClO3. The Balaban J connectivity index is 2.05. The highest BCUT2D eigenvalue weighted by Gasteiger charge is 2.40. The molecule has 0 radical (unpaired) electrons. The van der Waals surface area contributed by atoms with Crippen LogP contribution in [0.2, 0.25) is 0 Å². The van der Waals surface area contributed by atoms with Crippen LogP contribution in [0.5, 0.6) is 17.2 Å². The average molecular weight is 459 g/mol. The van der Waals surface area contributed by atoms with Crippen LogP contribution in [0, 0.1) is 6.92 Å². The van der Waals surface area contributed by atoms with Gasteiger partial charge in [-0.25, -0.2) is 0 Å². The summed E-state index contributed by atoms with van der Waals surface area (Å²) in [5.41, 5.74) is 3.79. The Hall–Kier alpha value is -3.43. The summed E-state index contributed by atoms with van der Waals surface area (Å²) >= 11 is 6.30. The molecule has 3 nitrogen and oxygen atoms in total. The molecule has 0 aliphatic rings. The summed E-state index contributed by atoms with van der Waals surface area (Å²) in [7, 11) is 3.28. The quantitative estimate of drug-likeness (QED) is 0.208. The van der Waals surface area contributed by atoms with E-state index in [-0.39, 0.29) is 0 Å². The van der Waals surface area contributed by atoms with Crippen LogP contribution in [0.3, 0.4) is 0 Å². The molecule has 0 saturated carbocycles. The zero-order valence-electron chi connectivity index (χ0n) is 19.0. The summed E-state index contributed by atoms with van der Waals surface area (Å²) in [5.74, 6) is 2.22. The topological polar surface area (TPSA) is 27.7 Å². The number of rotatable bonds is 8. The third kappa shape index (κ3) is 4.17. The highest BCUT2D eigenvalue weighted by Crippen LogP contribution is 2.47. The normalized spacial score (nSPS) is 11.2. The molecule has 33 heavy (non-hydrogen) atoms. The van der Waals surface area contributed by atoms with Crippen molar-refractivity contribution in [2.45, 2.75) is 18.4 Å². The summed E-state index contributed by atoms with van der Waals surface area (Å²) in [5, 5.41) is 0. The maximum atomic E-state index is 7.07. The van der Waals surface area contributed by atoms with E-state index < -0.39 is 5.60 Å². The lowest BCUT2D eigenvalue weighted by molar-refractivity contribution is 0.148. The van der Waals surface area contributed by atoms with E-state index in [1.54, 1.807) is 14.2 Å². The maximum Gasteiger partial charge on any atom is 0.184 e. The Kier molecular flexibility index (Phi) is 6.90. The molecule has 0 aliphatic carbocycles. The van der Waals surface area contributed by atoms with Crippen LogP contribution < -0.4 is 14.2 Å². The summed E-state index contributed by atoms with van der Waals surface area (Å²) in [6, 6.07) is 32.6. The van der Waals surface area contributed by atoms with E-state index in [9.17, 15) is 0 Å². The number of hydrogen-bond acceptors (Lipinski definition) is 3. The van der Waals surface area contributed by atoms with E-state index in [1.165, 1.54) is 0 Å². The molecule has 0 spiro atoms. The molecule has 0 atom stereocenters. The van der Waals surface area contributed by atoms with Crippen molar-refractivity contribution in [2.75, 3.05) is 14.2 Å². The molecular weight excluding hydrogens is 432 g/mol. The predicted octanol–water partition coefficient (Wildman–Crippen LogP) is 7.12. The van der Waals surface area contributed by atoms with Gasteiger partial charge in [0.25, 0.3) is 0 Å². The van der Waals surface area contributed by atoms with E-state index in [0.717, 1.165) is 27.8 Å². The smallest absolute Gasteiger partial charge is 0.184 e. The van der Waals surface area contributed by atoms with Crippen LogP contribution in [-0.2, 0) is 11.5 Å². The number of ether oxygens (including phenoxy) is 3. The van der Waals surface area contributed by atoms with Gasteiger partial charge in [-0.05, 0) is 13.0 Å². The second kappa shape index (κ2) is 10.0. The molecule has 4 rings (SSSR count). The fourth-order valence-corrected chi connectivity index (χ4v) is 4.59. The summed E-state index contributed by atoms with van der Waals surface area (Å²) in [6.45, 7) is 1.95. The Morgan fingerprint density at radius 2 is 1.09 bits per heavy atom. The van der Waals surface area contributed by atoms with Crippen LogP contribution in [-0.4, -0.2) is 14.2 Å². The molecule has 0 N–H and O–H groups in total. The van der Waals surface area contributed by atoms with Crippen molar-refractivity contribution in [2.24, 2.45) is 0 Å².